The molecular formula is C21H24N4O2. The number of aromatic nitrogens is 3. The summed E-state index contributed by atoms with van der Waals surface area (Å²) < 4.78 is 7.78. The molecule has 0 radical (unpaired) electrons. The fraction of sp³-hybridized carbons (Fsp3) is 0.381. The quantitative estimate of drug-likeness (QED) is 0.768. The Labute approximate surface area is 158 Å². The molecule has 1 amide bonds. The van der Waals surface area contributed by atoms with E-state index in [1.165, 1.54) is 11.9 Å². The lowest BCUT2D eigenvalue weighted by molar-refractivity contribution is -0.129. The van der Waals surface area contributed by atoms with Gasteiger partial charge in [0.25, 0.3) is 5.91 Å². The average Bonchev–Trinajstić information content (AvgIpc) is 2.95. The molecule has 140 valence electrons. The number of hydrogen-bond donors (Lipinski definition) is 1. The van der Waals surface area contributed by atoms with Crippen LogP contribution in [0.3, 0.4) is 0 Å². The van der Waals surface area contributed by atoms with Crippen LogP contribution in [0.2, 0.25) is 0 Å². The van der Waals surface area contributed by atoms with Crippen molar-refractivity contribution in [1.82, 2.24) is 14.5 Å². The highest BCUT2D eigenvalue weighted by atomic mass is 16.5. The van der Waals surface area contributed by atoms with E-state index in [9.17, 15) is 4.79 Å². The Bertz CT molecular complexity index is 959. The number of carbonyl (C=O) groups excluding carboxylic acids is 1. The zero-order valence-electron chi connectivity index (χ0n) is 15.7. The zero-order chi connectivity index (χ0) is 18.8. The van der Waals surface area contributed by atoms with Gasteiger partial charge in [0.05, 0.1) is 5.39 Å². The minimum atomic E-state index is -0.392. The predicted octanol–water partition coefficient (Wildman–Crippen LogP) is 3.60. The fourth-order valence-electron chi connectivity index (χ4n) is 3.67. The Morgan fingerprint density at radius 1 is 1.22 bits per heavy atom. The minimum absolute atomic E-state index is 0.123. The number of carbonyl (C=O) groups is 1. The fourth-order valence-corrected chi connectivity index (χ4v) is 3.67. The number of benzene rings is 1. The molecule has 0 bridgehead atoms. The Hall–Kier alpha value is -2.73. The molecule has 27 heavy (non-hydrogen) atoms. The van der Waals surface area contributed by atoms with Gasteiger partial charge in [0.15, 0.2) is 0 Å². The average molecular weight is 364 g/mol. The summed E-state index contributed by atoms with van der Waals surface area (Å²) in [7, 11) is 0. The normalized spacial score (nSPS) is 17.2. The van der Waals surface area contributed by atoms with Crippen LogP contribution < -0.4 is 5.32 Å². The molecule has 1 aromatic carbocycles. The van der Waals surface area contributed by atoms with Gasteiger partial charge in [-0.3, -0.25) is 4.79 Å². The Morgan fingerprint density at radius 2 is 2.04 bits per heavy atom. The number of nitrogens with one attached hydrogen (secondary N) is 1. The number of aryl methyl sites for hydroxylation is 1. The van der Waals surface area contributed by atoms with Crippen molar-refractivity contribution in [3.8, 4) is 0 Å². The molecule has 0 saturated carbocycles. The molecule has 6 heteroatoms. The van der Waals surface area contributed by atoms with E-state index in [1.807, 2.05) is 18.2 Å². The minimum Gasteiger partial charge on any atom is -0.368 e. The molecule has 6 nitrogen and oxygen atoms in total. The first-order valence-electron chi connectivity index (χ1n) is 9.42. The molecule has 3 heterocycles. The summed E-state index contributed by atoms with van der Waals surface area (Å²) >= 11 is 0. The first-order chi connectivity index (χ1) is 13.1. The largest absolute Gasteiger partial charge is 0.368 e. The first kappa shape index (κ1) is 17.7. The van der Waals surface area contributed by atoms with Gasteiger partial charge in [0, 0.05) is 18.8 Å². The van der Waals surface area contributed by atoms with Crippen molar-refractivity contribution >= 4 is 22.8 Å². The molecule has 1 atom stereocenters. The van der Waals surface area contributed by atoms with E-state index < -0.39 is 6.10 Å². The molecule has 4 rings (SSSR count). The van der Waals surface area contributed by atoms with Crippen LogP contribution in [0.15, 0.2) is 36.7 Å². The summed E-state index contributed by atoms with van der Waals surface area (Å²) in [6, 6.07) is 10.3. The van der Waals surface area contributed by atoms with E-state index in [2.05, 4.69) is 45.8 Å². The monoisotopic (exact) mass is 364 g/mol. The Kier molecular flexibility index (Phi) is 4.90. The van der Waals surface area contributed by atoms with Gasteiger partial charge >= 0.3 is 0 Å². The molecule has 0 aliphatic carbocycles. The zero-order valence-corrected chi connectivity index (χ0v) is 15.7. The maximum Gasteiger partial charge on any atom is 0.254 e. The predicted molar refractivity (Wildman–Crippen MR) is 105 cm³/mol. The molecule has 2 aromatic heterocycles. The number of ether oxygens (including phenoxy) is 1. The molecule has 1 aliphatic rings. The highest BCUT2D eigenvalue weighted by Gasteiger charge is 2.24. The molecule has 0 spiro atoms. The standard InChI is InChI=1S/C21H24N4O2/c1-14-15(2)25(12-16-8-4-3-5-9-16)20-18(14)19(22-13-23-20)24-21(26)17-10-6-7-11-27-17/h3-5,8-9,13,17H,6-7,10-12H2,1-2H3,(H,22,23,24,26). The van der Waals surface area contributed by atoms with Crippen LogP contribution in [0.25, 0.3) is 11.0 Å². The third-order valence-corrected chi connectivity index (χ3v) is 5.30. The van der Waals surface area contributed by atoms with E-state index in [0.717, 1.165) is 48.1 Å². The van der Waals surface area contributed by atoms with E-state index in [4.69, 9.17) is 4.74 Å². The van der Waals surface area contributed by atoms with Crippen LogP contribution in [-0.2, 0) is 16.1 Å². The van der Waals surface area contributed by atoms with Crippen LogP contribution in [0.4, 0.5) is 5.82 Å². The van der Waals surface area contributed by atoms with Gasteiger partial charge in [0.2, 0.25) is 0 Å². The topological polar surface area (TPSA) is 69.0 Å². The number of rotatable bonds is 4. The van der Waals surface area contributed by atoms with Gasteiger partial charge in [-0.05, 0) is 44.2 Å². The van der Waals surface area contributed by atoms with Gasteiger partial charge in [-0.2, -0.15) is 0 Å². The third-order valence-electron chi connectivity index (χ3n) is 5.30. The maximum absolute atomic E-state index is 12.6. The van der Waals surface area contributed by atoms with Gasteiger partial charge < -0.3 is 14.6 Å². The van der Waals surface area contributed by atoms with E-state index in [0.29, 0.717) is 12.4 Å². The van der Waals surface area contributed by atoms with Gasteiger partial charge in [-0.1, -0.05) is 30.3 Å². The lowest BCUT2D eigenvalue weighted by Crippen LogP contribution is -2.33. The van der Waals surface area contributed by atoms with Crippen molar-refractivity contribution in [2.45, 2.75) is 45.8 Å². The molecule has 1 fully saturated rings. The van der Waals surface area contributed by atoms with Gasteiger partial charge in [0.1, 0.15) is 23.9 Å². The summed E-state index contributed by atoms with van der Waals surface area (Å²) in [5, 5.41) is 3.87. The Morgan fingerprint density at radius 3 is 2.78 bits per heavy atom. The van der Waals surface area contributed by atoms with Gasteiger partial charge in [-0.15, -0.1) is 0 Å². The number of amides is 1. The molecule has 1 unspecified atom stereocenters. The Balaban J connectivity index is 1.68. The first-order valence-corrected chi connectivity index (χ1v) is 9.42. The molecular weight excluding hydrogens is 340 g/mol. The molecule has 3 aromatic rings. The molecule has 1 aliphatic heterocycles. The number of hydrogen-bond acceptors (Lipinski definition) is 4. The maximum atomic E-state index is 12.6. The van der Waals surface area contributed by atoms with Crippen LogP contribution in [0, 0.1) is 13.8 Å². The second-order valence-electron chi connectivity index (χ2n) is 7.05. The highest BCUT2D eigenvalue weighted by Crippen LogP contribution is 2.29. The van der Waals surface area contributed by atoms with Crippen molar-refractivity contribution in [2.24, 2.45) is 0 Å². The van der Waals surface area contributed by atoms with Crippen LogP contribution in [-0.4, -0.2) is 33.2 Å². The second kappa shape index (κ2) is 7.48. The third kappa shape index (κ3) is 3.45. The summed E-state index contributed by atoms with van der Waals surface area (Å²) in [5.41, 5.74) is 4.25. The number of fused-ring (bicyclic) bond motifs is 1. The number of anilines is 1. The summed E-state index contributed by atoms with van der Waals surface area (Å²) in [4.78, 5) is 21.5. The van der Waals surface area contributed by atoms with Crippen molar-refractivity contribution in [3.05, 3.63) is 53.5 Å². The summed E-state index contributed by atoms with van der Waals surface area (Å²) in [6.07, 6.45) is 3.91. The van der Waals surface area contributed by atoms with Crippen molar-refractivity contribution < 1.29 is 9.53 Å². The highest BCUT2D eigenvalue weighted by molar-refractivity contribution is 6.02. The smallest absolute Gasteiger partial charge is 0.254 e. The number of nitrogens with zero attached hydrogens (tertiary/aromatic N) is 3. The van der Waals surface area contributed by atoms with E-state index >= 15 is 0 Å². The summed E-state index contributed by atoms with van der Waals surface area (Å²) in [6.45, 7) is 5.50. The van der Waals surface area contributed by atoms with Gasteiger partial charge in [-0.25, -0.2) is 9.97 Å². The van der Waals surface area contributed by atoms with Crippen molar-refractivity contribution in [2.75, 3.05) is 11.9 Å². The molecule has 1 N–H and O–H groups in total. The van der Waals surface area contributed by atoms with Crippen LogP contribution in [0.5, 0.6) is 0 Å². The summed E-state index contributed by atoms with van der Waals surface area (Å²) in [5.74, 6) is 0.439. The lowest BCUT2D eigenvalue weighted by Gasteiger charge is -2.21. The van der Waals surface area contributed by atoms with E-state index in [-0.39, 0.29) is 5.91 Å². The van der Waals surface area contributed by atoms with Crippen LogP contribution >= 0.6 is 0 Å². The lowest BCUT2D eigenvalue weighted by atomic mass is 10.1. The van der Waals surface area contributed by atoms with Crippen LogP contribution in [0.1, 0.15) is 36.1 Å². The van der Waals surface area contributed by atoms with Crippen molar-refractivity contribution in [1.29, 1.82) is 0 Å². The van der Waals surface area contributed by atoms with Crippen molar-refractivity contribution in [3.63, 3.8) is 0 Å². The second-order valence-corrected chi connectivity index (χ2v) is 7.05. The molecule has 1 saturated heterocycles. The van der Waals surface area contributed by atoms with E-state index in [1.54, 1.807) is 0 Å². The SMILES string of the molecule is Cc1c(C)n(Cc2ccccc2)c2ncnc(NC(=O)C3CCCCO3)c12.